The van der Waals surface area contributed by atoms with Gasteiger partial charge in [-0.3, -0.25) is 4.79 Å². The Hall–Kier alpha value is -1.09. The van der Waals surface area contributed by atoms with Crippen LogP contribution in [0, 0.1) is 5.92 Å². The van der Waals surface area contributed by atoms with Gasteiger partial charge in [-0.05, 0) is 59.8 Å². The van der Waals surface area contributed by atoms with E-state index in [0.29, 0.717) is 5.92 Å². The van der Waals surface area contributed by atoms with Gasteiger partial charge < -0.3 is 9.84 Å². The Balaban J connectivity index is 4.14. The van der Waals surface area contributed by atoms with E-state index < -0.39 is 5.60 Å². The second kappa shape index (κ2) is 9.78. The van der Waals surface area contributed by atoms with Crippen molar-refractivity contribution in [2.45, 2.75) is 78.9 Å². The minimum Gasteiger partial charge on any atom is -0.463 e. The van der Waals surface area contributed by atoms with Gasteiger partial charge in [0.25, 0.3) is 0 Å². The zero-order valence-electron chi connectivity index (χ0n) is 14.5. The van der Waals surface area contributed by atoms with Gasteiger partial charge in [-0.25, -0.2) is 0 Å². The summed E-state index contributed by atoms with van der Waals surface area (Å²) in [7, 11) is 0. The molecule has 0 aliphatic carbocycles. The van der Waals surface area contributed by atoms with Crippen molar-refractivity contribution in [2.24, 2.45) is 5.92 Å². The molecule has 2 atom stereocenters. The van der Waals surface area contributed by atoms with Crippen LogP contribution in [0.3, 0.4) is 0 Å². The van der Waals surface area contributed by atoms with Gasteiger partial charge in [0.05, 0.1) is 18.1 Å². The van der Waals surface area contributed by atoms with Gasteiger partial charge in [0.2, 0.25) is 0 Å². The molecule has 0 fully saturated rings. The molecular formula is C18H32O3. The van der Waals surface area contributed by atoms with Crippen LogP contribution in [0.4, 0.5) is 0 Å². The minimum absolute atomic E-state index is 0.00612. The first kappa shape index (κ1) is 19.9. The predicted molar refractivity (Wildman–Crippen MR) is 88.1 cm³/mol. The van der Waals surface area contributed by atoms with Crippen molar-refractivity contribution in [1.29, 1.82) is 0 Å². The lowest BCUT2D eigenvalue weighted by atomic mass is 9.97. The van der Waals surface area contributed by atoms with E-state index in [2.05, 4.69) is 26.8 Å². The van der Waals surface area contributed by atoms with Gasteiger partial charge in [-0.1, -0.05) is 30.7 Å². The quantitative estimate of drug-likeness (QED) is 0.506. The van der Waals surface area contributed by atoms with Crippen LogP contribution in [0.25, 0.3) is 0 Å². The standard InChI is InChI=1S/C18H32O3/c1-14(2)9-7-10-16(5)11-8-12-18(6,20)13-17(19)21-15(3)4/h8-9,12,15-16,20H,7,10-11,13H2,1-6H3. The first-order valence-corrected chi connectivity index (χ1v) is 7.85. The van der Waals surface area contributed by atoms with E-state index in [1.54, 1.807) is 26.8 Å². The Bertz CT molecular complexity index is 361. The molecule has 0 bridgehead atoms. The summed E-state index contributed by atoms with van der Waals surface area (Å²) in [6.45, 7) is 11.7. The van der Waals surface area contributed by atoms with Crippen LogP contribution in [-0.4, -0.2) is 22.8 Å². The van der Waals surface area contributed by atoms with Crippen LogP contribution < -0.4 is 0 Å². The molecule has 0 saturated carbocycles. The summed E-state index contributed by atoms with van der Waals surface area (Å²) < 4.78 is 5.05. The highest BCUT2D eigenvalue weighted by Gasteiger charge is 2.22. The molecule has 3 nitrogen and oxygen atoms in total. The number of allylic oxidation sites excluding steroid dienone is 3. The average Bonchev–Trinajstić information content (AvgIpc) is 2.25. The SMILES string of the molecule is CC(C)=CCCC(C)CC=CC(C)(O)CC(=O)OC(C)C. The zero-order chi connectivity index (χ0) is 16.5. The summed E-state index contributed by atoms with van der Waals surface area (Å²) in [6, 6.07) is 0. The third-order valence-corrected chi connectivity index (χ3v) is 3.10. The van der Waals surface area contributed by atoms with Crippen molar-refractivity contribution in [3.63, 3.8) is 0 Å². The van der Waals surface area contributed by atoms with Gasteiger partial charge in [0.1, 0.15) is 0 Å². The summed E-state index contributed by atoms with van der Waals surface area (Å²) in [5, 5.41) is 10.2. The average molecular weight is 296 g/mol. The molecule has 0 aliphatic rings. The predicted octanol–water partition coefficient (Wildman–Crippen LogP) is 4.41. The molecule has 1 N–H and O–H groups in total. The topological polar surface area (TPSA) is 46.5 Å². The van der Waals surface area contributed by atoms with E-state index in [-0.39, 0.29) is 18.5 Å². The van der Waals surface area contributed by atoms with Crippen LogP contribution in [-0.2, 0) is 9.53 Å². The van der Waals surface area contributed by atoms with E-state index in [1.807, 2.05) is 6.08 Å². The fraction of sp³-hybridized carbons (Fsp3) is 0.722. The van der Waals surface area contributed by atoms with Crippen LogP contribution >= 0.6 is 0 Å². The van der Waals surface area contributed by atoms with Gasteiger partial charge in [-0.2, -0.15) is 0 Å². The molecule has 0 heterocycles. The van der Waals surface area contributed by atoms with Gasteiger partial charge >= 0.3 is 5.97 Å². The Labute approximate surface area is 130 Å². The van der Waals surface area contributed by atoms with Crippen LogP contribution in [0.2, 0.25) is 0 Å². The van der Waals surface area contributed by atoms with Gasteiger partial charge in [-0.15, -0.1) is 0 Å². The number of carbonyl (C=O) groups excluding carboxylic acids is 1. The molecule has 3 heteroatoms. The number of rotatable bonds is 9. The van der Waals surface area contributed by atoms with E-state index in [4.69, 9.17) is 4.74 Å². The Kier molecular flexibility index (Phi) is 9.27. The van der Waals surface area contributed by atoms with Crippen molar-refractivity contribution in [3.8, 4) is 0 Å². The third-order valence-electron chi connectivity index (χ3n) is 3.10. The molecule has 0 aromatic carbocycles. The lowest BCUT2D eigenvalue weighted by molar-refractivity contribution is -0.150. The second-order valence-electron chi connectivity index (χ2n) is 6.67. The maximum absolute atomic E-state index is 11.5. The largest absolute Gasteiger partial charge is 0.463 e. The molecule has 0 spiro atoms. The molecule has 0 aliphatic heterocycles. The molecule has 122 valence electrons. The van der Waals surface area contributed by atoms with Crippen molar-refractivity contribution >= 4 is 5.97 Å². The van der Waals surface area contributed by atoms with Gasteiger partial charge in [0, 0.05) is 0 Å². The number of carbonyl (C=O) groups is 1. The third kappa shape index (κ3) is 12.4. The van der Waals surface area contributed by atoms with Crippen LogP contribution in [0.5, 0.6) is 0 Å². The fourth-order valence-electron chi connectivity index (χ4n) is 1.98. The molecule has 0 amide bonds. The van der Waals surface area contributed by atoms with E-state index in [9.17, 15) is 9.90 Å². The highest BCUT2D eigenvalue weighted by molar-refractivity contribution is 5.71. The summed E-state index contributed by atoms with van der Waals surface area (Å²) in [4.78, 5) is 11.5. The van der Waals surface area contributed by atoms with Crippen molar-refractivity contribution in [3.05, 3.63) is 23.8 Å². The summed E-state index contributed by atoms with van der Waals surface area (Å²) in [5.74, 6) is 0.200. The number of ether oxygens (including phenoxy) is 1. The zero-order valence-corrected chi connectivity index (χ0v) is 14.5. The van der Waals surface area contributed by atoms with Crippen molar-refractivity contribution in [1.82, 2.24) is 0 Å². The van der Waals surface area contributed by atoms with E-state index in [1.165, 1.54) is 5.57 Å². The molecule has 0 aromatic rings. The minimum atomic E-state index is -1.13. The molecule has 21 heavy (non-hydrogen) atoms. The van der Waals surface area contributed by atoms with E-state index in [0.717, 1.165) is 19.3 Å². The van der Waals surface area contributed by atoms with Crippen molar-refractivity contribution in [2.75, 3.05) is 0 Å². The maximum atomic E-state index is 11.5. The first-order chi connectivity index (χ1) is 9.62. The Morgan fingerprint density at radius 1 is 1.29 bits per heavy atom. The Morgan fingerprint density at radius 2 is 1.90 bits per heavy atom. The molecular weight excluding hydrogens is 264 g/mol. The highest BCUT2D eigenvalue weighted by Crippen LogP contribution is 2.17. The smallest absolute Gasteiger partial charge is 0.309 e. The molecule has 0 aromatic heterocycles. The molecule has 0 saturated heterocycles. The Morgan fingerprint density at radius 3 is 2.43 bits per heavy atom. The fourth-order valence-corrected chi connectivity index (χ4v) is 1.98. The molecule has 0 radical (unpaired) electrons. The lowest BCUT2D eigenvalue weighted by Gasteiger charge is -2.19. The number of hydrogen-bond acceptors (Lipinski definition) is 3. The molecule has 0 rings (SSSR count). The van der Waals surface area contributed by atoms with Crippen LogP contribution in [0.15, 0.2) is 23.8 Å². The highest BCUT2D eigenvalue weighted by atomic mass is 16.5. The normalized spacial score (nSPS) is 15.8. The number of hydrogen-bond donors (Lipinski definition) is 1. The lowest BCUT2D eigenvalue weighted by Crippen LogP contribution is -2.27. The van der Waals surface area contributed by atoms with Crippen molar-refractivity contribution < 1.29 is 14.6 Å². The summed E-state index contributed by atoms with van der Waals surface area (Å²) >= 11 is 0. The van der Waals surface area contributed by atoms with Gasteiger partial charge in [0.15, 0.2) is 0 Å². The van der Waals surface area contributed by atoms with E-state index >= 15 is 0 Å². The van der Waals surface area contributed by atoms with Crippen LogP contribution in [0.1, 0.15) is 67.2 Å². The maximum Gasteiger partial charge on any atom is 0.309 e. The number of aliphatic hydroxyl groups is 1. The second-order valence-corrected chi connectivity index (χ2v) is 6.67. The first-order valence-electron chi connectivity index (χ1n) is 7.85. The summed E-state index contributed by atoms with van der Waals surface area (Å²) in [6.07, 6.45) is 8.91. The molecule has 2 unspecified atom stereocenters. The summed E-state index contributed by atoms with van der Waals surface area (Å²) in [5.41, 5.74) is 0.218. The number of esters is 1. The monoisotopic (exact) mass is 296 g/mol.